The Kier molecular flexibility index (Phi) is 5.34. The Morgan fingerprint density at radius 3 is 2.35 bits per heavy atom. The lowest BCUT2D eigenvalue weighted by Crippen LogP contribution is -2.31. The van der Waals surface area contributed by atoms with Gasteiger partial charge in [-0.2, -0.15) is 17.5 Å². The molecule has 11 heteroatoms. The van der Waals surface area contributed by atoms with Gasteiger partial charge >= 0.3 is 18.1 Å². The molecular weight excluding hydrogens is 379 g/mol. The number of sulfonamides is 1. The highest BCUT2D eigenvalue weighted by Crippen LogP contribution is 2.35. The quantitative estimate of drug-likeness (QED) is 0.781. The van der Waals surface area contributed by atoms with E-state index in [1.54, 1.807) is 0 Å². The zero-order chi connectivity index (χ0) is 19.9. The van der Waals surface area contributed by atoms with Gasteiger partial charge in [-0.05, 0) is 24.1 Å². The van der Waals surface area contributed by atoms with Crippen molar-refractivity contribution in [3.63, 3.8) is 0 Å². The van der Waals surface area contributed by atoms with E-state index in [9.17, 15) is 31.2 Å². The van der Waals surface area contributed by atoms with Gasteiger partial charge in [0.1, 0.15) is 0 Å². The van der Waals surface area contributed by atoms with Crippen LogP contribution in [-0.2, 0) is 25.7 Å². The van der Waals surface area contributed by atoms with Crippen molar-refractivity contribution in [1.82, 2.24) is 4.31 Å². The maximum Gasteiger partial charge on any atom is 0.416 e. The highest BCUT2D eigenvalue weighted by atomic mass is 32.2. The monoisotopic (exact) mass is 395 g/mol. The number of benzene rings is 1. The maximum atomic E-state index is 13.0. The second-order valence-electron chi connectivity index (χ2n) is 5.94. The maximum absolute atomic E-state index is 13.0. The molecule has 1 heterocycles. The first-order chi connectivity index (χ1) is 11.9. The Bertz CT molecular complexity index is 836. The van der Waals surface area contributed by atoms with Crippen molar-refractivity contribution in [3.8, 4) is 0 Å². The largest absolute Gasteiger partial charge is 0.481 e. The molecule has 1 aliphatic heterocycles. The molecular formula is C15H16F3NO6S. The van der Waals surface area contributed by atoms with Gasteiger partial charge in [0, 0.05) is 13.1 Å². The fourth-order valence-electron chi connectivity index (χ4n) is 2.77. The van der Waals surface area contributed by atoms with Gasteiger partial charge in [0.15, 0.2) is 0 Å². The van der Waals surface area contributed by atoms with Gasteiger partial charge in [-0.1, -0.05) is 6.92 Å². The van der Waals surface area contributed by atoms with Crippen molar-refractivity contribution in [2.75, 3.05) is 20.2 Å². The van der Waals surface area contributed by atoms with Gasteiger partial charge in [-0.25, -0.2) is 13.2 Å². The smallest absolute Gasteiger partial charge is 0.416 e. The molecule has 144 valence electrons. The predicted octanol–water partition coefficient (Wildman–Crippen LogP) is 1.83. The third kappa shape index (κ3) is 3.68. The fraction of sp³-hybridized carbons (Fsp3) is 0.467. The summed E-state index contributed by atoms with van der Waals surface area (Å²) in [5.74, 6) is -3.83. The van der Waals surface area contributed by atoms with Gasteiger partial charge in [-0.15, -0.1) is 0 Å². The van der Waals surface area contributed by atoms with Gasteiger partial charge in [0.05, 0.1) is 29.1 Å². The molecule has 0 aliphatic carbocycles. The summed E-state index contributed by atoms with van der Waals surface area (Å²) in [6.45, 7) is 0.952. The Balaban J connectivity index is 2.57. The molecule has 0 aromatic heterocycles. The minimum Gasteiger partial charge on any atom is -0.481 e. The number of carbonyl (C=O) groups is 2. The molecule has 1 fully saturated rings. The standard InChI is InChI=1S/C15H16F3NO6S/c1-8-6-19(7-11(8)13(20)21)26(23,24)12-5-9(15(16,17)18)3-4-10(12)14(22)25-2/h3-5,8,11H,6-7H2,1-2H3,(H,20,21)/t8-,11-/m1/s1. The van der Waals surface area contributed by atoms with E-state index in [-0.39, 0.29) is 6.54 Å². The molecule has 7 nitrogen and oxygen atoms in total. The third-order valence-electron chi connectivity index (χ3n) is 4.23. The highest BCUT2D eigenvalue weighted by Gasteiger charge is 2.43. The Morgan fingerprint density at radius 1 is 1.27 bits per heavy atom. The molecule has 1 aromatic rings. The molecule has 0 saturated carbocycles. The Labute approximate surface area is 147 Å². The molecule has 1 aliphatic rings. The van der Waals surface area contributed by atoms with E-state index in [2.05, 4.69) is 4.74 Å². The van der Waals surface area contributed by atoms with E-state index >= 15 is 0 Å². The van der Waals surface area contributed by atoms with Crippen molar-refractivity contribution in [2.45, 2.75) is 18.0 Å². The number of hydrogen-bond donors (Lipinski definition) is 1. The summed E-state index contributed by atoms with van der Waals surface area (Å²) in [6.07, 6.45) is -4.82. The van der Waals surface area contributed by atoms with Gasteiger partial charge in [-0.3, -0.25) is 4.79 Å². The van der Waals surface area contributed by atoms with Crippen LogP contribution in [0.2, 0.25) is 0 Å². The van der Waals surface area contributed by atoms with Crippen LogP contribution in [0.4, 0.5) is 13.2 Å². The van der Waals surface area contributed by atoms with Crippen LogP contribution in [0.1, 0.15) is 22.8 Å². The molecule has 26 heavy (non-hydrogen) atoms. The number of methoxy groups -OCH3 is 1. The van der Waals surface area contributed by atoms with E-state index in [0.717, 1.165) is 17.5 Å². The summed E-state index contributed by atoms with van der Waals surface area (Å²) >= 11 is 0. The number of aliphatic carboxylic acids is 1. The zero-order valence-electron chi connectivity index (χ0n) is 13.8. The van der Waals surface area contributed by atoms with Crippen LogP contribution in [0, 0.1) is 11.8 Å². The number of halogens is 3. The third-order valence-corrected chi connectivity index (χ3v) is 6.10. The van der Waals surface area contributed by atoms with Crippen LogP contribution in [-0.4, -0.2) is 50.0 Å². The molecule has 0 radical (unpaired) electrons. The topological polar surface area (TPSA) is 101 Å². The van der Waals surface area contributed by atoms with Crippen molar-refractivity contribution in [3.05, 3.63) is 29.3 Å². The summed E-state index contributed by atoms with van der Waals surface area (Å²) < 4.78 is 69.8. The second-order valence-corrected chi connectivity index (χ2v) is 7.85. The highest BCUT2D eigenvalue weighted by molar-refractivity contribution is 7.89. The molecule has 0 amide bonds. The normalized spacial score (nSPS) is 21.6. The predicted molar refractivity (Wildman–Crippen MR) is 81.8 cm³/mol. The minimum absolute atomic E-state index is 0.184. The average Bonchev–Trinajstić information content (AvgIpc) is 2.95. The number of carbonyl (C=O) groups excluding carboxylic acids is 1. The van der Waals surface area contributed by atoms with Crippen molar-refractivity contribution in [2.24, 2.45) is 11.8 Å². The molecule has 0 bridgehead atoms. The van der Waals surface area contributed by atoms with E-state index in [1.165, 1.54) is 6.92 Å². The zero-order valence-corrected chi connectivity index (χ0v) is 14.6. The van der Waals surface area contributed by atoms with Crippen LogP contribution in [0.5, 0.6) is 0 Å². The van der Waals surface area contributed by atoms with Gasteiger partial charge in [0.2, 0.25) is 10.0 Å². The number of alkyl halides is 3. The summed E-state index contributed by atoms with van der Waals surface area (Å²) in [5.41, 5.74) is -1.79. The summed E-state index contributed by atoms with van der Waals surface area (Å²) in [6, 6.07) is 1.67. The lowest BCUT2D eigenvalue weighted by Gasteiger charge is -2.19. The lowest BCUT2D eigenvalue weighted by atomic mass is 9.99. The number of carboxylic acids is 1. The summed E-state index contributed by atoms with van der Waals surface area (Å²) in [5, 5.41) is 9.13. The molecule has 0 spiro atoms. The molecule has 1 saturated heterocycles. The van der Waals surface area contributed by atoms with Crippen LogP contribution in [0.25, 0.3) is 0 Å². The second kappa shape index (κ2) is 6.88. The molecule has 2 rings (SSSR count). The average molecular weight is 395 g/mol. The first-order valence-corrected chi connectivity index (χ1v) is 8.86. The first kappa shape index (κ1) is 20.2. The van der Waals surface area contributed by atoms with Crippen LogP contribution in [0.3, 0.4) is 0 Å². The fourth-order valence-corrected chi connectivity index (χ4v) is 4.54. The number of nitrogens with zero attached hydrogens (tertiary/aromatic N) is 1. The minimum atomic E-state index is -4.82. The SMILES string of the molecule is COC(=O)c1ccc(C(F)(F)F)cc1S(=O)(=O)N1C[C@@H](C)[C@H](C(=O)O)C1. The van der Waals surface area contributed by atoms with Gasteiger partial charge < -0.3 is 9.84 Å². The van der Waals surface area contributed by atoms with E-state index in [4.69, 9.17) is 5.11 Å². The van der Waals surface area contributed by atoms with Crippen LogP contribution in [0.15, 0.2) is 23.1 Å². The number of esters is 1. The number of hydrogen-bond acceptors (Lipinski definition) is 5. The Morgan fingerprint density at radius 2 is 1.88 bits per heavy atom. The molecule has 1 N–H and O–H groups in total. The molecule has 0 unspecified atom stereocenters. The van der Waals surface area contributed by atoms with E-state index in [1.807, 2.05) is 0 Å². The van der Waals surface area contributed by atoms with Crippen LogP contribution < -0.4 is 0 Å². The number of ether oxygens (including phenoxy) is 1. The summed E-state index contributed by atoms with van der Waals surface area (Å²) in [4.78, 5) is 22.1. The van der Waals surface area contributed by atoms with E-state index in [0.29, 0.717) is 12.1 Å². The number of carboxylic acid groups (broad SMARTS) is 1. The van der Waals surface area contributed by atoms with Crippen molar-refractivity contribution in [1.29, 1.82) is 0 Å². The van der Waals surface area contributed by atoms with Gasteiger partial charge in [0.25, 0.3) is 0 Å². The van der Waals surface area contributed by atoms with Crippen molar-refractivity contribution < 1.29 is 41.0 Å². The molecule has 1 aromatic carbocycles. The van der Waals surface area contributed by atoms with Crippen LogP contribution >= 0.6 is 0 Å². The first-order valence-electron chi connectivity index (χ1n) is 7.42. The Hall–Kier alpha value is -2.14. The number of rotatable bonds is 4. The van der Waals surface area contributed by atoms with E-state index < -0.39 is 62.5 Å². The summed E-state index contributed by atoms with van der Waals surface area (Å²) in [7, 11) is -3.57. The lowest BCUT2D eigenvalue weighted by molar-refractivity contribution is -0.142. The van der Waals surface area contributed by atoms with Crippen molar-refractivity contribution >= 4 is 22.0 Å². The molecule has 2 atom stereocenters.